The predicted octanol–water partition coefficient (Wildman–Crippen LogP) is 13.3. The molecule has 0 aromatic carbocycles. The van der Waals surface area contributed by atoms with Gasteiger partial charge in [0.15, 0.2) is 12.2 Å². The zero-order valence-corrected chi connectivity index (χ0v) is 48.7. The van der Waals surface area contributed by atoms with Gasteiger partial charge in [-0.3, -0.25) is 14.6 Å². The Bertz CT molecular complexity index is 1130. The summed E-state index contributed by atoms with van der Waals surface area (Å²) in [4.78, 5) is 28.5. The molecule has 8 atom stereocenters. The smallest absolute Gasteiger partial charge is 0.457 e. The Morgan fingerprint density at radius 3 is 1.00 bits per heavy atom. The van der Waals surface area contributed by atoms with Crippen molar-refractivity contribution in [1.29, 1.82) is 0 Å². The Kier molecular flexibility index (Phi) is 44.2. The van der Waals surface area contributed by atoms with Gasteiger partial charge < -0.3 is 44.2 Å². The Balaban J connectivity index is 1.81. The molecular weight excluding hydrogens is 933 g/mol. The number of aliphatic hydroxyl groups is 4. The summed E-state index contributed by atoms with van der Waals surface area (Å²) in [6.07, 6.45) is 40.0. The van der Waals surface area contributed by atoms with Crippen LogP contribution in [-0.4, -0.2) is 148 Å². The maximum atomic E-state index is 13.2. The summed E-state index contributed by atoms with van der Waals surface area (Å²) in [6, 6.07) is 0. The van der Waals surface area contributed by atoms with Crippen molar-refractivity contribution in [2.75, 3.05) is 52.5 Å². The van der Waals surface area contributed by atoms with E-state index < -0.39 is 48.8 Å². The molecule has 5 N–H and O–H groups in total. The molecular formula is C62H121N2O10+. The normalized spacial score (nSPS) is 19.3. The van der Waals surface area contributed by atoms with E-state index in [-0.39, 0.29) is 31.6 Å². The fourth-order valence-corrected chi connectivity index (χ4v) is 11.1. The molecule has 0 saturated carbocycles. The van der Waals surface area contributed by atoms with Gasteiger partial charge >= 0.3 is 11.9 Å². The number of nitrogens with zero attached hydrogens (tertiary/aromatic N) is 2. The standard InChI is InChI=1S/C62H120N2O10/c1-5-9-13-17-21-25-29-33-39-53(65)47-63(48-54(66)40-34-30-26-22-18-14-10-6-2)45-37-43-59(69)73-57-51-71-62-58(52-72-61(57)62)74-60(70)44-38-46-64(49-55(67)41-35-31-27-23-19-15-11-7-3)50-56(68)42-36-32-28-24-20-16-12-8-4/h53-58,61-62,65-68H,5-52H2,1-4H3/p+1/t53?,54?,55?,56?,57-,58?,61?,62-/m1/s1. The number of esters is 2. The first-order chi connectivity index (χ1) is 36.1. The molecule has 0 radical (unpaired) electrons. The van der Waals surface area contributed by atoms with Crippen molar-refractivity contribution in [2.24, 2.45) is 0 Å². The summed E-state index contributed by atoms with van der Waals surface area (Å²) in [7, 11) is 0. The third-order valence-corrected chi connectivity index (χ3v) is 15.7. The lowest BCUT2D eigenvalue weighted by Crippen LogP contribution is -2.39. The van der Waals surface area contributed by atoms with E-state index in [1.54, 1.807) is 0 Å². The van der Waals surface area contributed by atoms with Gasteiger partial charge in [0, 0.05) is 32.6 Å². The summed E-state index contributed by atoms with van der Waals surface area (Å²) < 4.78 is 24.1. The van der Waals surface area contributed by atoms with E-state index in [0.29, 0.717) is 58.5 Å². The molecule has 12 nitrogen and oxygen atoms in total. The van der Waals surface area contributed by atoms with Crippen LogP contribution in [0.2, 0.25) is 0 Å². The van der Waals surface area contributed by atoms with Gasteiger partial charge in [0.25, 0.3) is 0 Å². The zero-order chi connectivity index (χ0) is 53.7. The lowest BCUT2D eigenvalue weighted by atomic mass is 10.0. The van der Waals surface area contributed by atoms with Crippen molar-refractivity contribution < 1.29 is 49.0 Å². The fraction of sp³-hybridized carbons (Fsp3) is 0.968. The Hall–Kier alpha value is -1.38. The van der Waals surface area contributed by atoms with Crippen LogP contribution in [0.15, 0.2) is 0 Å². The summed E-state index contributed by atoms with van der Waals surface area (Å²) in [5.41, 5.74) is 0. The summed E-state index contributed by atoms with van der Waals surface area (Å²) >= 11 is 0. The highest BCUT2D eigenvalue weighted by Crippen LogP contribution is 2.31. The van der Waals surface area contributed by atoms with Crippen molar-refractivity contribution in [1.82, 2.24) is 9.80 Å². The number of ether oxygens (including phenoxy) is 4. The van der Waals surface area contributed by atoms with Crippen LogP contribution in [0.25, 0.3) is 0 Å². The third kappa shape index (κ3) is 36.7. The molecule has 2 aliphatic rings. The molecule has 2 rings (SSSR count). The average molecular weight is 1050 g/mol. The monoisotopic (exact) mass is 1050 g/mol. The van der Waals surface area contributed by atoms with Gasteiger partial charge in [0.1, 0.15) is 19.1 Å². The molecule has 12 heteroatoms. The van der Waals surface area contributed by atoms with Gasteiger partial charge in [-0.2, -0.15) is 0 Å². The van der Waals surface area contributed by atoms with E-state index in [4.69, 9.17) is 18.9 Å². The van der Waals surface area contributed by atoms with Gasteiger partial charge in [0.2, 0.25) is 6.10 Å². The maximum Gasteiger partial charge on any atom is 0.483 e. The third-order valence-electron chi connectivity index (χ3n) is 15.7. The van der Waals surface area contributed by atoms with E-state index >= 15 is 0 Å². The predicted molar refractivity (Wildman–Crippen MR) is 305 cm³/mol. The minimum Gasteiger partial charge on any atom is -0.457 e. The van der Waals surface area contributed by atoms with Gasteiger partial charge in [-0.1, -0.05) is 233 Å². The van der Waals surface area contributed by atoms with Gasteiger partial charge in [0.05, 0.1) is 31.0 Å². The summed E-state index contributed by atoms with van der Waals surface area (Å²) in [6.45, 7) is 12.6. The van der Waals surface area contributed by atoms with Crippen molar-refractivity contribution in [2.45, 2.75) is 333 Å². The van der Waals surface area contributed by atoms with Crippen molar-refractivity contribution >= 4 is 11.9 Å². The van der Waals surface area contributed by atoms with Crippen LogP contribution in [0.3, 0.4) is 0 Å². The first-order valence-corrected chi connectivity index (χ1v) is 31.9. The molecule has 0 spiro atoms. The molecule has 438 valence electrons. The zero-order valence-electron chi connectivity index (χ0n) is 48.7. The van der Waals surface area contributed by atoms with Crippen LogP contribution in [0.1, 0.15) is 285 Å². The fourth-order valence-electron chi connectivity index (χ4n) is 11.1. The average Bonchev–Trinajstić information content (AvgIpc) is 3.97. The highest BCUT2D eigenvalue weighted by molar-refractivity contribution is 5.71. The Labute approximate surface area is 454 Å². The number of carbonyl (C=O) groups excluding carboxylic acids is 2. The second kappa shape index (κ2) is 47.6. The number of unbranched alkanes of at least 4 members (excludes halogenated alkanes) is 28. The van der Waals surface area contributed by atoms with Gasteiger partial charge in [-0.15, -0.1) is 0 Å². The minimum absolute atomic E-state index is 0.0855. The van der Waals surface area contributed by atoms with Crippen LogP contribution < -0.4 is 0 Å². The number of rotatable bonds is 54. The van der Waals surface area contributed by atoms with E-state index in [2.05, 4.69) is 37.5 Å². The molecule has 2 saturated heterocycles. The molecule has 2 aliphatic heterocycles. The summed E-state index contributed by atoms with van der Waals surface area (Å²) in [5.74, 6) is -0.409. The molecule has 2 heterocycles. The van der Waals surface area contributed by atoms with Crippen molar-refractivity contribution in [3.8, 4) is 0 Å². The Morgan fingerprint density at radius 2 is 0.689 bits per heavy atom. The molecule has 6 unspecified atom stereocenters. The Morgan fingerprint density at radius 1 is 0.419 bits per heavy atom. The molecule has 0 aromatic heterocycles. The number of hydrogen-bond donors (Lipinski definition) is 4. The SMILES string of the molecule is CCCCCCCCCCC(O)CN(CCCC(=O)O[C@@H]1CO[C@@H]2C(OC(=[OH+])CCCN(CC(O)CCCCCCCCCC)CC(O)CCCCCCCCCC)COC21)CC(O)CCCCCCCCCC. The van der Waals surface area contributed by atoms with Gasteiger partial charge in [-0.25, -0.2) is 0 Å². The molecule has 0 bridgehead atoms. The molecule has 0 aliphatic carbocycles. The van der Waals surface area contributed by atoms with E-state index in [9.17, 15) is 30.0 Å². The van der Waals surface area contributed by atoms with E-state index in [1.807, 2.05) is 0 Å². The summed E-state index contributed by atoms with van der Waals surface area (Å²) in [5, 5.41) is 44.2. The van der Waals surface area contributed by atoms with Crippen LogP contribution in [0, 0.1) is 0 Å². The van der Waals surface area contributed by atoms with E-state index in [1.165, 1.54) is 154 Å². The largest absolute Gasteiger partial charge is 0.483 e. The van der Waals surface area contributed by atoms with Crippen LogP contribution >= 0.6 is 0 Å². The molecule has 74 heavy (non-hydrogen) atoms. The highest BCUT2D eigenvalue weighted by atomic mass is 16.7. The molecule has 0 aromatic rings. The topological polar surface area (TPSA) is 163 Å². The van der Waals surface area contributed by atoms with Crippen LogP contribution in [-0.2, 0) is 23.7 Å². The second-order valence-corrected chi connectivity index (χ2v) is 23.1. The van der Waals surface area contributed by atoms with E-state index in [0.717, 1.165) is 77.0 Å². The first-order valence-electron chi connectivity index (χ1n) is 31.9. The lowest BCUT2D eigenvalue weighted by molar-refractivity contribution is -0.154. The van der Waals surface area contributed by atoms with Crippen molar-refractivity contribution in [3.05, 3.63) is 0 Å². The lowest BCUT2D eigenvalue weighted by Gasteiger charge is -2.27. The van der Waals surface area contributed by atoms with Crippen LogP contribution in [0.5, 0.6) is 0 Å². The quantitative estimate of drug-likeness (QED) is 0.0260. The molecule has 0 amide bonds. The van der Waals surface area contributed by atoms with Crippen molar-refractivity contribution in [3.63, 3.8) is 0 Å². The van der Waals surface area contributed by atoms with Crippen LogP contribution in [0.4, 0.5) is 0 Å². The second-order valence-electron chi connectivity index (χ2n) is 23.1. The maximum absolute atomic E-state index is 13.2. The molecule has 2 fully saturated rings. The highest BCUT2D eigenvalue weighted by Gasteiger charge is 2.54. The number of hydrogen-bond acceptors (Lipinski definition) is 11. The number of carbonyl (C=O) groups is 1. The number of aliphatic hydroxyl groups excluding tert-OH is 4. The van der Waals surface area contributed by atoms with Gasteiger partial charge in [-0.05, 0) is 51.6 Å². The first kappa shape index (κ1) is 68.7. The number of fused-ring (bicyclic) bond motifs is 1. The minimum atomic E-state index is -0.565.